The molecule has 2 aliphatic heterocycles. The molecule has 0 radical (unpaired) electrons. The summed E-state index contributed by atoms with van der Waals surface area (Å²) in [5, 5.41) is 0. The van der Waals surface area contributed by atoms with E-state index < -0.39 is 0 Å². The second-order valence-corrected chi connectivity index (χ2v) is 5.08. The second-order valence-electron chi connectivity index (χ2n) is 5.08. The smallest absolute Gasteiger partial charge is 0.0709 e. The van der Waals surface area contributed by atoms with Gasteiger partial charge in [-0.15, -0.1) is 0 Å². The van der Waals surface area contributed by atoms with Gasteiger partial charge in [-0.25, -0.2) is 0 Å². The van der Waals surface area contributed by atoms with Gasteiger partial charge in [0.1, 0.15) is 0 Å². The number of rotatable bonds is 1. The van der Waals surface area contributed by atoms with Crippen LogP contribution in [0.15, 0.2) is 35.5 Å². The molecule has 1 fully saturated rings. The number of para-hydroxylation sites is 1. The summed E-state index contributed by atoms with van der Waals surface area (Å²) in [5.74, 6) is 0.884. The predicted octanol–water partition coefficient (Wildman–Crippen LogP) is 3.48. The van der Waals surface area contributed by atoms with Crippen LogP contribution >= 0.6 is 0 Å². The van der Waals surface area contributed by atoms with Crippen LogP contribution in [0.4, 0.5) is 5.69 Å². The Hall–Kier alpha value is -1.57. The molecule has 0 saturated carbocycles. The number of piperidine rings is 1. The summed E-state index contributed by atoms with van der Waals surface area (Å²) >= 11 is 0. The molecule has 0 spiro atoms. The van der Waals surface area contributed by atoms with Gasteiger partial charge in [0.2, 0.25) is 0 Å². The molecule has 3 rings (SSSR count). The van der Waals surface area contributed by atoms with E-state index >= 15 is 0 Å². The topological polar surface area (TPSA) is 15.6 Å². The van der Waals surface area contributed by atoms with Gasteiger partial charge >= 0.3 is 0 Å². The Morgan fingerprint density at radius 1 is 1.24 bits per heavy atom. The molecule has 0 atom stereocenters. The number of hydrogen-bond donors (Lipinski definition) is 0. The average molecular weight is 226 g/mol. The van der Waals surface area contributed by atoms with E-state index in [9.17, 15) is 0 Å². The van der Waals surface area contributed by atoms with E-state index in [-0.39, 0.29) is 0 Å². The lowest BCUT2D eigenvalue weighted by molar-refractivity contribution is 0.256. The summed E-state index contributed by atoms with van der Waals surface area (Å²) in [6.07, 6.45) is 6.88. The van der Waals surface area contributed by atoms with Crippen molar-refractivity contribution in [3.05, 3.63) is 36.0 Å². The second kappa shape index (κ2) is 4.36. The van der Waals surface area contributed by atoms with Gasteiger partial charge in [0.25, 0.3) is 0 Å². The van der Waals surface area contributed by atoms with E-state index in [1.165, 1.54) is 37.1 Å². The Bertz CT molecular complexity index is 466. The van der Waals surface area contributed by atoms with Crippen LogP contribution < -0.4 is 0 Å². The van der Waals surface area contributed by atoms with Crippen LogP contribution in [0, 0.1) is 5.92 Å². The minimum atomic E-state index is 0.884. The highest BCUT2D eigenvalue weighted by Gasteiger charge is 2.16. The normalized spacial score (nSPS) is 22.2. The zero-order valence-electron chi connectivity index (χ0n) is 10.3. The summed E-state index contributed by atoms with van der Waals surface area (Å²) in [7, 11) is 0. The Morgan fingerprint density at radius 3 is 2.82 bits per heavy atom. The SMILES string of the molecule is CC1CCN(/C=C2\C=Nc3ccccc32)CC1. The van der Waals surface area contributed by atoms with E-state index in [2.05, 4.69) is 41.2 Å². The van der Waals surface area contributed by atoms with E-state index in [1.807, 2.05) is 12.3 Å². The number of aliphatic imine (C=N–C) groups is 1. The van der Waals surface area contributed by atoms with Crippen LogP contribution in [0.1, 0.15) is 25.3 Å². The zero-order chi connectivity index (χ0) is 11.7. The van der Waals surface area contributed by atoms with Gasteiger partial charge in [-0.3, -0.25) is 4.99 Å². The molecule has 0 bridgehead atoms. The van der Waals surface area contributed by atoms with E-state index in [0.717, 1.165) is 11.6 Å². The molecule has 2 heteroatoms. The third-order valence-electron chi connectivity index (χ3n) is 3.70. The van der Waals surface area contributed by atoms with E-state index in [4.69, 9.17) is 0 Å². The lowest BCUT2D eigenvalue weighted by Gasteiger charge is -2.29. The van der Waals surface area contributed by atoms with E-state index in [0.29, 0.717) is 0 Å². The molecule has 1 saturated heterocycles. The number of likely N-dealkylation sites (tertiary alicyclic amines) is 1. The van der Waals surface area contributed by atoms with Crippen LogP contribution in [-0.4, -0.2) is 24.2 Å². The first-order valence-corrected chi connectivity index (χ1v) is 6.42. The maximum Gasteiger partial charge on any atom is 0.0709 e. The molecule has 0 aliphatic carbocycles. The molecule has 0 N–H and O–H groups in total. The summed E-state index contributed by atoms with van der Waals surface area (Å²) in [4.78, 5) is 6.88. The molecule has 1 aromatic rings. The Balaban J connectivity index is 1.80. The first-order valence-electron chi connectivity index (χ1n) is 6.42. The lowest BCUT2D eigenvalue weighted by atomic mass is 9.99. The molecule has 17 heavy (non-hydrogen) atoms. The highest BCUT2D eigenvalue weighted by atomic mass is 15.1. The predicted molar refractivity (Wildman–Crippen MR) is 72.5 cm³/mol. The molecule has 0 amide bonds. The van der Waals surface area contributed by atoms with Gasteiger partial charge in [0.05, 0.1) is 5.69 Å². The van der Waals surface area contributed by atoms with Crippen LogP contribution in [0.2, 0.25) is 0 Å². The highest BCUT2D eigenvalue weighted by molar-refractivity contribution is 6.16. The fraction of sp³-hybridized carbons (Fsp3) is 0.400. The fourth-order valence-corrected chi connectivity index (χ4v) is 2.50. The first-order chi connectivity index (χ1) is 8.33. The van der Waals surface area contributed by atoms with Crippen molar-refractivity contribution in [3.8, 4) is 0 Å². The molecule has 0 aromatic heterocycles. The van der Waals surface area contributed by atoms with Crippen molar-refractivity contribution in [2.45, 2.75) is 19.8 Å². The number of fused-ring (bicyclic) bond motifs is 1. The summed E-state index contributed by atoms with van der Waals surface area (Å²) in [6.45, 7) is 4.71. The third kappa shape index (κ3) is 2.12. The summed E-state index contributed by atoms with van der Waals surface area (Å²) < 4.78 is 0. The lowest BCUT2D eigenvalue weighted by Crippen LogP contribution is -2.28. The van der Waals surface area contributed by atoms with Crippen LogP contribution in [-0.2, 0) is 0 Å². The van der Waals surface area contributed by atoms with Crippen molar-refractivity contribution in [1.29, 1.82) is 0 Å². The number of nitrogens with zero attached hydrogens (tertiary/aromatic N) is 2. The molecule has 2 aliphatic rings. The van der Waals surface area contributed by atoms with Crippen molar-refractivity contribution in [1.82, 2.24) is 4.90 Å². The monoisotopic (exact) mass is 226 g/mol. The largest absolute Gasteiger partial charge is 0.377 e. The van der Waals surface area contributed by atoms with Crippen molar-refractivity contribution in [3.63, 3.8) is 0 Å². The van der Waals surface area contributed by atoms with Gasteiger partial charge in [-0.1, -0.05) is 25.1 Å². The quantitative estimate of drug-likeness (QED) is 0.716. The molecule has 88 valence electrons. The average Bonchev–Trinajstić information content (AvgIpc) is 2.76. The maximum atomic E-state index is 4.44. The third-order valence-corrected chi connectivity index (χ3v) is 3.70. The van der Waals surface area contributed by atoms with Gasteiger partial charge in [-0.2, -0.15) is 0 Å². The van der Waals surface area contributed by atoms with Gasteiger partial charge in [0, 0.05) is 36.6 Å². The van der Waals surface area contributed by atoms with Gasteiger partial charge < -0.3 is 4.90 Å². The zero-order valence-corrected chi connectivity index (χ0v) is 10.3. The minimum absolute atomic E-state index is 0.884. The molecule has 2 nitrogen and oxygen atoms in total. The highest BCUT2D eigenvalue weighted by Crippen LogP contribution is 2.31. The van der Waals surface area contributed by atoms with Crippen molar-refractivity contribution in [2.24, 2.45) is 10.9 Å². The van der Waals surface area contributed by atoms with Crippen molar-refractivity contribution >= 4 is 17.5 Å². The Morgan fingerprint density at radius 2 is 2.00 bits per heavy atom. The van der Waals surface area contributed by atoms with Crippen molar-refractivity contribution < 1.29 is 0 Å². The maximum absolute atomic E-state index is 4.44. The minimum Gasteiger partial charge on any atom is -0.377 e. The van der Waals surface area contributed by atoms with Gasteiger partial charge in [-0.05, 0) is 24.8 Å². The molecular weight excluding hydrogens is 208 g/mol. The van der Waals surface area contributed by atoms with Crippen LogP contribution in [0.3, 0.4) is 0 Å². The van der Waals surface area contributed by atoms with Crippen LogP contribution in [0.25, 0.3) is 5.57 Å². The molecule has 1 aromatic carbocycles. The van der Waals surface area contributed by atoms with Gasteiger partial charge in [0.15, 0.2) is 0 Å². The first kappa shape index (κ1) is 10.6. The van der Waals surface area contributed by atoms with E-state index in [1.54, 1.807) is 0 Å². The standard InChI is InChI=1S/C15H18N2/c1-12-6-8-17(9-7-12)11-13-10-16-15-5-3-2-4-14(13)15/h2-5,10-12H,6-9H2,1H3/b13-11+. The molecule has 2 heterocycles. The molecule has 0 unspecified atom stereocenters. The van der Waals surface area contributed by atoms with Crippen molar-refractivity contribution in [2.75, 3.05) is 13.1 Å². The summed E-state index contributed by atoms with van der Waals surface area (Å²) in [5.41, 5.74) is 3.63. The fourth-order valence-electron chi connectivity index (χ4n) is 2.50. The Labute approximate surface area is 103 Å². The number of allylic oxidation sites excluding steroid dienone is 1. The van der Waals surface area contributed by atoms with Crippen LogP contribution in [0.5, 0.6) is 0 Å². The molecular formula is C15H18N2. The number of benzene rings is 1. The Kier molecular flexibility index (Phi) is 2.71. The summed E-state index contributed by atoms with van der Waals surface area (Å²) in [6, 6.07) is 8.35. The number of hydrogen-bond acceptors (Lipinski definition) is 2.